The smallest absolute Gasteiger partial charge is 0.317 e. The molecule has 1 aliphatic heterocycles. The van der Waals surface area contributed by atoms with Gasteiger partial charge >= 0.3 is 5.97 Å². The number of aliphatic carboxylic acids is 1. The van der Waals surface area contributed by atoms with Gasteiger partial charge in [0.05, 0.1) is 18.6 Å². The van der Waals surface area contributed by atoms with Crippen LogP contribution in [0, 0.1) is 0 Å². The van der Waals surface area contributed by atoms with Gasteiger partial charge in [0.1, 0.15) is 0 Å². The number of piperidine rings is 1. The van der Waals surface area contributed by atoms with Gasteiger partial charge in [-0.25, -0.2) is 0 Å². The van der Waals surface area contributed by atoms with Crippen molar-refractivity contribution in [2.75, 3.05) is 26.7 Å². The predicted octanol–water partition coefficient (Wildman–Crippen LogP) is 2.51. The maximum atomic E-state index is 12.8. The molecule has 1 aromatic rings. The van der Waals surface area contributed by atoms with Crippen molar-refractivity contribution in [1.82, 2.24) is 15.1 Å². The Morgan fingerprint density at radius 1 is 1.26 bits per heavy atom. The first-order valence-corrected chi connectivity index (χ1v) is 9.93. The van der Waals surface area contributed by atoms with Gasteiger partial charge in [0, 0.05) is 19.1 Å². The number of carboxylic acids is 1. The van der Waals surface area contributed by atoms with Crippen LogP contribution in [0.15, 0.2) is 30.3 Å². The molecule has 0 bridgehead atoms. The summed E-state index contributed by atoms with van der Waals surface area (Å²) in [5.41, 5.74) is 1.15. The molecule has 0 aromatic heterocycles. The summed E-state index contributed by atoms with van der Waals surface area (Å²) in [6.45, 7) is 5.78. The van der Waals surface area contributed by atoms with Crippen LogP contribution in [0.25, 0.3) is 0 Å². The van der Waals surface area contributed by atoms with Crippen LogP contribution in [0.4, 0.5) is 0 Å². The molecule has 0 spiro atoms. The molecule has 1 aliphatic rings. The Morgan fingerprint density at radius 2 is 1.89 bits per heavy atom. The van der Waals surface area contributed by atoms with Crippen molar-refractivity contribution < 1.29 is 14.7 Å². The van der Waals surface area contributed by atoms with Crippen molar-refractivity contribution in [2.45, 2.75) is 57.7 Å². The SMILES string of the molecule is CCCC(NC(=O)C(C)N1CCC(N(C)CC(=O)O)CC1)c1ccccc1. The van der Waals surface area contributed by atoms with Gasteiger partial charge in [0.2, 0.25) is 5.91 Å². The highest BCUT2D eigenvalue weighted by Crippen LogP contribution is 2.20. The van der Waals surface area contributed by atoms with Crippen LogP contribution in [0.1, 0.15) is 51.1 Å². The molecule has 1 amide bonds. The molecule has 6 heteroatoms. The van der Waals surface area contributed by atoms with Gasteiger partial charge in [0.15, 0.2) is 0 Å². The van der Waals surface area contributed by atoms with E-state index in [9.17, 15) is 9.59 Å². The molecule has 1 fully saturated rings. The largest absolute Gasteiger partial charge is 0.480 e. The second-order valence-electron chi connectivity index (χ2n) is 7.51. The molecule has 2 N–H and O–H groups in total. The summed E-state index contributed by atoms with van der Waals surface area (Å²) in [5.74, 6) is -0.731. The van der Waals surface area contributed by atoms with E-state index in [0.29, 0.717) is 0 Å². The van der Waals surface area contributed by atoms with Crippen LogP contribution in [0.3, 0.4) is 0 Å². The summed E-state index contributed by atoms with van der Waals surface area (Å²) in [6, 6.07) is 10.3. The third kappa shape index (κ3) is 6.33. The van der Waals surface area contributed by atoms with Gasteiger partial charge in [-0.05, 0) is 38.8 Å². The number of nitrogens with zero attached hydrogens (tertiary/aromatic N) is 2. The Bertz CT molecular complexity index is 600. The Labute approximate surface area is 162 Å². The first-order valence-electron chi connectivity index (χ1n) is 9.93. The fourth-order valence-electron chi connectivity index (χ4n) is 3.81. The van der Waals surface area contributed by atoms with Crippen LogP contribution in [-0.2, 0) is 9.59 Å². The van der Waals surface area contributed by atoms with Crippen molar-refractivity contribution >= 4 is 11.9 Å². The van der Waals surface area contributed by atoms with E-state index in [2.05, 4.69) is 29.3 Å². The normalized spacial score (nSPS) is 18.2. The molecule has 1 saturated heterocycles. The lowest BCUT2D eigenvalue weighted by atomic mass is 10.0. The topological polar surface area (TPSA) is 72.9 Å². The number of likely N-dealkylation sites (tertiary alicyclic amines) is 1. The van der Waals surface area contributed by atoms with Crippen LogP contribution in [-0.4, -0.2) is 65.5 Å². The molecule has 1 aromatic carbocycles. The Hall–Kier alpha value is -1.92. The molecule has 2 rings (SSSR count). The van der Waals surface area contributed by atoms with E-state index in [1.807, 2.05) is 37.1 Å². The molecule has 27 heavy (non-hydrogen) atoms. The van der Waals surface area contributed by atoms with E-state index < -0.39 is 5.97 Å². The number of rotatable bonds is 9. The van der Waals surface area contributed by atoms with E-state index in [-0.39, 0.29) is 30.6 Å². The minimum absolute atomic E-state index is 0.0467. The Kier molecular flexibility index (Phi) is 8.25. The van der Waals surface area contributed by atoms with Gasteiger partial charge in [-0.3, -0.25) is 19.4 Å². The van der Waals surface area contributed by atoms with Crippen molar-refractivity contribution in [3.63, 3.8) is 0 Å². The number of hydrogen-bond acceptors (Lipinski definition) is 4. The van der Waals surface area contributed by atoms with E-state index in [4.69, 9.17) is 5.11 Å². The van der Waals surface area contributed by atoms with E-state index >= 15 is 0 Å². The summed E-state index contributed by atoms with van der Waals surface area (Å²) in [4.78, 5) is 27.8. The van der Waals surface area contributed by atoms with Crippen LogP contribution >= 0.6 is 0 Å². The fourth-order valence-corrected chi connectivity index (χ4v) is 3.81. The van der Waals surface area contributed by atoms with Gasteiger partial charge in [-0.2, -0.15) is 0 Å². The quantitative estimate of drug-likeness (QED) is 0.694. The number of benzene rings is 1. The van der Waals surface area contributed by atoms with E-state index in [0.717, 1.165) is 44.3 Å². The van der Waals surface area contributed by atoms with Gasteiger partial charge in [-0.1, -0.05) is 43.7 Å². The lowest BCUT2D eigenvalue weighted by Crippen LogP contribution is -2.52. The van der Waals surface area contributed by atoms with Gasteiger partial charge in [0.25, 0.3) is 0 Å². The maximum absolute atomic E-state index is 12.8. The first-order chi connectivity index (χ1) is 12.9. The monoisotopic (exact) mass is 375 g/mol. The number of carbonyl (C=O) groups excluding carboxylic acids is 1. The minimum Gasteiger partial charge on any atom is -0.480 e. The zero-order chi connectivity index (χ0) is 19.8. The summed E-state index contributed by atoms with van der Waals surface area (Å²) in [5, 5.41) is 12.2. The fraction of sp³-hybridized carbons (Fsp3) is 0.619. The molecule has 2 unspecified atom stereocenters. The predicted molar refractivity (Wildman–Crippen MR) is 107 cm³/mol. The van der Waals surface area contributed by atoms with Crippen LogP contribution in [0.2, 0.25) is 0 Å². The highest BCUT2D eigenvalue weighted by molar-refractivity contribution is 5.81. The minimum atomic E-state index is -0.796. The number of amides is 1. The molecule has 0 aliphatic carbocycles. The zero-order valence-corrected chi connectivity index (χ0v) is 16.7. The molecule has 6 nitrogen and oxygen atoms in total. The highest BCUT2D eigenvalue weighted by Gasteiger charge is 2.29. The average Bonchev–Trinajstić information content (AvgIpc) is 2.67. The van der Waals surface area contributed by atoms with Crippen molar-refractivity contribution in [1.29, 1.82) is 0 Å². The summed E-state index contributed by atoms with van der Waals surface area (Å²) < 4.78 is 0. The second-order valence-corrected chi connectivity index (χ2v) is 7.51. The summed E-state index contributed by atoms with van der Waals surface area (Å²) in [6.07, 6.45) is 3.71. The van der Waals surface area contributed by atoms with Crippen LogP contribution in [0.5, 0.6) is 0 Å². The van der Waals surface area contributed by atoms with Crippen molar-refractivity contribution in [3.05, 3.63) is 35.9 Å². The lowest BCUT2D eigenvalue weighted by Gasteiger charge is -2.38. The van der Waals surface area contributed by atoms with Crippen molar-refractivity contribution in [2.24, 2.45) is 0 Å². The van der Waals surface area contributed by atoms with Gasteiger partial charge in [-0.15, -0.1) is 0 Å². The molecule has 150 valence electrons. The van der Waals surface area contributed by atoms with Crippen molar-refractivity contribution in [3.8, 4) is 0 Å². The number of hydrogen-bond donors (Lipinski definition) is 2. The number of nitrogens with one attached hydrogen (secondary N) is 1. The molecular weight excluding hydrogens is 342 g/mol. The number of likely N-dealkylation sites (N-methyl/N-ethyl adjacent to an activating group) is 1. The first kappa shape index (κ1) is 21.4. The molecular formula is C21H33N3O3. The highest BCUT2D eigenvalue weighted by atomic mass is 16.4. The molecule has 1 heterocycles. The summed E-state index contributed by atoms with van der Waals surface area (Å²) in [7, 11) is 1.86. The molecule has 0 saturated carbocycles. The standard InChI is InChI=1S/C21H33N3O3/c1-4-8-19(17-9-6-5-7-10-17)22-21(27)16(2)24-13-11-18(12-14-24)23(3)15-20(25)26/h5-7,9-10,16,18-19H,4,8,11-15H2,1-3H3,(H,22,27)(H,25,26). The number of carbonyl (C=O) groups is 2. The third-order valence-electron chi connectivity index (χ3n) is 5.53. The van der Waals surface area contributed by atoms with E-state index in [1.165, 1.54) is 0 Å². The second kappa shape index (κ2) is 10.4. The average molecular weight is 376 g/mol. The third-order valence-corrected chi connectivity index (χ3v) is 5.53. The summed E-state index contributed by atoms with van der Waals surface area (Å²) >= 11 is 0. The Balaban J connectivity index is 1.88. The van der Waals surface area contributed by atoms with Crippen LogP contribution < -0.4 is 5.32 Å². The molecule has 0 radical (unpaired) electrons. The number of carboxylic acid groups (broad SMARTS) is 1. The zero-order valence-electron chi connectivity index (χ0n) is 16.7. The maximum Gasteiger partial charge on any atom is 0.317 e. The lowest BCUT2D eigenvalue weighted by molar-refractivity contribution is -0.138. The van der Waals surface area contributed by atoms with Gasteiger partial charge < -0.3 is 10.4 Å². The molecule has 2 atom stereocenters. The Morgan fingerprint density at radius 3 is 2.44 bits per heavy atom. The van der Waals surface area contributed by atoms with E-state index in [1.54, 1.807) is 0 Å².